The van der Waals surface area contributed by atoms with Crippen molar-refractivity contribution >= 4 is 0 Å². The lowest BCUT2D eigenvalue weighted by Crippen LogP contribution is -2.15. The maximum Gasteiger partial charge on any atom is 0.270 e. The van der Waals surface area contributed by atoms with Crippen LogP contribution in [0.5, 0.6) is 0 Å². The number of benzene rings is 1. The van der Waals surface area contributed by atoms with E-state index in [2.05, 4.69) is 6.92 Å². The molecule has 0 fully saturated rings. The maximum atomic E-state index is 13.5. The maximum absolute atomic E-state index is 13.5. The highest BCUT2D eigenvalue weighted by Crippen LogP contribution is 2.22. The molecule has 0 unspecified atom stereocenters. The molecule has 1 aromatic carbocycles. The Morgan fingerprint density at radius 1 is 1.12 bits per heavy atom. The third-order valence-corrected chi connectivity index (χ3v) is 2.62. The summed E-state index contributed by atoms with van der Waals surface area (Å²) in [5.41, 5.74) is 0.677. The highest BCUT2D eigenvalue weighted by Gasteiger charge is 2.24. The van der Waals surface area contributed by atoms with Crippen LogP contribution in [0.4, 0.5) is 8.78 Å². The van der Waals surface area contributed by atoms with Crippen molar-refractivity contribution in [2.24, 2.45) is 0 Å². The minimum absolute atomic E-state index is 0.210. The van der Waals surface area contributed by atoms with Crippen molar-refractivity contribution in [1.82, 2.24) is 0 Å². The molecule has 0 bridgehead atoms. The van der Waals surface area contributed by atoms with E-state index < -0.39 is 5.92 Å². The predicted molar refractivity (Wildman–Crippen MR) is 68.4 cm³/mol. The highest BCUT2D eigenvalue weighted by atomic mass is 19.3. The Morgan fingerprint density at radius 2 is 1.82 bits per heavy atom. The molecule has 0 atom stereocenters. The van der Waals surface area contributed by atoms with Gasteiger partial charge in [-0.3, -0.25) is 0 Å². The fraction of sp³-hybridized carbons (Fsp3) is 0.467. The first-order valence-electron chi connectivity index (χ1n) is 6.23. The summed E-state index contributed by atoms with van der Waals surface area (Å²) in [6.45, 7) is 2.10. The van der Waals surface area contributed by atoms with Gasteiger partial charge in [-0.1, -0.05) is 56.2 Å². The van der Waals surface area contributed by atoms with Crippen molar-refractivity contribution in [3.05, 3.63) is 48.0 Å². The van der Waals surface area contributed by atoms with Crippen LogP contribution < -0.4 is 0 Å². The van der Waals surface area contributed by atoms with Gasteiger partial charge in [0.15, 0.2) is 0 Å². The first-order chi connectivity index (χ1) is 8.14. The molecule has 0 spiro atoms. The van der Waals surface area contributed by atoms with Gasteiger partial charge in [-0.15, -0.1) is 0 Å². The molecule has 0 radical (unpaired) electrons. The smallest absolute Gasteiger partial charge is 0.202 e. The lowest BCUT2D eigenvalue weighted by atomic mass is 10.1. The number of hydrogen-bond acceptors (Lipinski definition) is 0. The van der Waals surface area contributed by atoms with Crippen molar-refractivity contribution in [1.29, 1.82) is 0 Å². The topological polar surface area (TPSA) is 0 Å². The number of hydrogen-bond donors (Lipinski definition) is 0. The van der Waals surface area contributed by atoms with Gasteiger partial charge in [0.1, 0.15) is 0 Å². The first-order valence-corrected chi connectivity index (χ1v) is 6.23. The van der Waals surface area contributed by atoms with Gasteiger partial charge in [0, 0.05) is 6.42 Å². The summed E-state index contributed by atoms with van der Waals surface area (Å²) in [6.07, 6.45) is 6.42. The second-order valence-electron chi connectivity index (χ2n) is 4.32. The van der Waals surface area contributed by atoms with Crippen LogP contribution in [0.3, 0.4) is 0 Å². The van der Waals surface area contributed by atoms with Gasteiger partial charge < -0.3 is 0 Å². The largest absolute Gasteiger partial charge is 0.270 e. The van der Waals surface area contributed by atoms with Gasteiger partial charge in [0.05, 0.1) is 0 Å². The summed E-state index contributed by atoms with van der Waals surface area (Å²) in [4.78, 5) is 0. The van der Waals surface area contributed by atoms with Crippen LogP contribution in [-0.2, 0) is 6.42 Å². The fourth-order valence-electron chi connectivity index (χ4n) is 1.69. The number of allylic oxidation sites excluding steroid dienone is 2. The zero-order chi connectivity index (χ0) is 12.6. The number of unbranched alkanes of at least 4 members (excludes halogenated alkanes) is 3. The Morgan fingerprint density at radius 3 is 2.47 bits per heavy atom. The first kappa shape index (κ1) is 13.9. The summed E-state index contributed by atoms with van der Waals surface area (Å²) in [5, 5.41) is 0. The summed E-state index contributed by atoms with van der Waals surface area (Å²) >= 11 is 0. The van der Waals surface area contributed by atoms with E-state index >= 15 is 0 Å². The van der Waals surface area contributed by atoms with Crippen LogP contribution in [0, 0.1) is 0 Å². The van der Waals surface area contributed by atoms with E-state index in [0.29, 0.717) is 5.56 Å². The quantitative estimate of drug-likeness (QED) is 0.463. The second kappa shape index (κ2) is 7.21. The molecule has 1 aromatic rings. The van der Waals surface area contributed by atoms with Gasteiger partial charge in [0.2, 0.25) is 0 Å². The van der Waals surface area contributed by atoms with Crippen LogP contribution in [0.25, 0.3) is 0 Å². The average Bonchev–Trinajstić information content (AvgIpc) is 2.29. The summed E-state index contributed by atoms with van der Waals surface area (Å²) < 4.78 is 27.1. The molecule has 0 nitrogen and oxygen atoms in total. The Bertz CT molecular complexity index is 328. The minimum Gasteiger partial charge on any atom is -0.202 e. The predicted octanol–water partition coefficient (Wildman–Crippen LogP) is 5.00. The molecule has 17 heavy (non-hydrogen) atoms. The van der Waals surface area contributed by atoms with Crippen LogP contribution in [0.15, 0.2) is 42.5 Å². The Kier molecular flexibility index (Phi) is 5.88. The Balaban J connectivity index is 2.40. The molecule has 1 rings (SSSR count). The summed E-state index contributed by atoms with van der Waals surface area (Å²) in [7, 11) is 0. The Hall–Kier alpha value is -1.18. The molecule has 0 aliphatic rings. The number of rotatable bonds is 7. The van der Waals surface area contributed by atoms with Crippen molar-refractivity contribution in [2.45, 2.75) is 45.0 Å². The normalized spacial score (nSPS) is 12.2. The van der Waals surface area contributed by atoms with Gasteiger partial charge in [-0.25, -0.2) is 8.78 Å². The van der Waals surface area contributed by atoms with Crippen molar-refractivity contribution in [2.75, 3.05) is 0 Å². The van der Waals surface area contributed by atoms with Crippen molar-refractivity contribution in [3.63, 3.8) is 0 Å². The molecule has 0 saturated heterocycles. The third-order valence-electron chi connectivity index (χ3n) is 2.62. The zero-order valence-corrected chi connectivity index (χ0v) is 10.3. The van der Waals surface area contributed by atoms with Crippen LogP contribution in [-0.4, -0.2) is 5.92 Å². The molecule has 2 heteroatoms. The van der Waals surface area contributed by atoms with E-state index in [-0.39, 0.29) is 6.42 Å². The van der Waals surface area contributed by atoms with Crippen molar-refractivity contribution < 1.29 is 8.78 Å². The van der Waals surface area contributed by atoms with E-state index in [1.165, 1.54) is 0 Å². The van der Waals surface area contributed by atoms with E-state index in [0.717, 1.165) is 31.8 Å². The minimum atomic E-state index is -2.73. The number of halogens is 2. The van der Waals surface area contributed by atoms with E-state index in [1.807, 2.05) is 6.07 Å². The summed E-state index contributed by atoms with van der Waals surface area (Å²) in [5.74, 6) is -2.73. The highest BCUT2D eigenvalue weighted by molar-refractivity contribution is 5.18. The van der Waals surface area contributed by atoms with E-state index in [4.69, 9.17) is 0 Å². The molecule has 94 valence electrons. The molecule has 0 amide bonds. The molecular formula is C15H20F2. The molecule has 0 aliphatic heterocycles. The molecule has 0 aromatic heterocycles. The monoisotopic (exact) mass is 238 g/mol. The van der Waals surface area contributed by atoms with Crippen LogP contribution >= 0.6 is 0 Å². The molecule has 0 saturated carbocycles. The molecule has 0 aliphatic carbocycles. The molecular weight excluding hydrogens is 218 g/mol. The van der Waals surface area contributed by atoms with E-state index in [1.54, 1.807) is 30.3 Å². The lowest BCUT2D eigenvalue weighted by molar-refractivity contribution is 0.0555. The molecule has 0 heterocycles. The van der Waals surface area contributed by atoms with Crippen molar-refractivity contribution in [3.8, 4) is 0 Å². The Labute approximate surface area is 102 Å². The second-order valence-corrected chi connectivity index (χ2v) is 4.32. The van der Waals surface area contributed by atoms with Gasteiger partial charge >= 0.3 is 0 Å². The zero-order valence-electron chi connectivity index (χ0n) is 10.3. The van der Waals surface area contributed by atoms with Gasteiger partial charge in [-0.2, -0.15) is 0 Å². The van der Waals surface area contributed by atoms with E-state index in [9.17, 15) is 8.78 Å². The third kappa shape index (κ3) is 6.20. The fourth-order valence-corrected chi connectivity index (χ4v) is 1.69. The molecule has 0 N–H and O–H groups in total. The standard InChI is InChI=1S/C15H20F2/c1-2-3-4-5-9-12-15(16,17)13-14-10-7-6-8-11-14/h6-12H,2-5,13H2,1H3/b12-9+. The number of alkyl halides is 2. The van der Waals surface area contributed by atoms with Crippen LogP contribution in [0.2, 0.25) is 0 Å². The lowest BCUT2D eigenvalue weighted by Gasteiger charge is -2.11. The van der Waals surface area contributed by atoms with Crippen LogP contribution in [0.1, 0.15) is 38.2 Å². The van der Waals surface area contributed by atoms with Gasteiger partial charge in [-0.05, 0) is 24.5 Å². The average molecular weight is 238 g/mol. The SMILES string of the molecule is CCCCC/C=C/C(F)(F)Cc1ccccc1. The van der Waals surface area contributed by atoms with Gasteiger partial charge in [0.25, 0.3) is 5.92 Å². The summed E-state index contributed by atoms with van der Waals surface area (Å²) in [6, 6.07) is 8.88.